The minimum atomic E-state index is 0.590. The highest BCUT2D eigenvalue weighted by molar-refractivity contribution is 5.47. The third-order valence-corrected chi connectivity index (χ3v) is 2.67. The molecular formula is C16H16O. The van der Waals surface area contributed by atoms with Crippen LogP contribution in [0.4, 0.5) is 0 Å². The molecular weight excluding hydrogens is 208 g/mol. The van der Waals surface area contributed by atoms with E-state index < -0.39 is 0 Å². The van der Waals surface area contributed by atoms with Crippen molar-refractivity contribution < 1.29 is 4.74 Å². The standard InChI is InChI=1S/C16H16O/c1-3-14-8-6-9-15(11-14)12-17-16-10-5-4-7-13(16)2/h3-11H,1,12H2,2H3. The molecule has 0 spiro atoms. The maximum absolute atomic E-state index is 5.79. The van der Waals surface area contributed by atoms with Gasteiger partial charge in [-0.25, -0.2) is 0 Å². The topological polar surface area (TPSA) is 9.23 Å². The van der Waals surface area contributed by atoms with E-state index in [9.17, 15) is 0 Å². The van der Waals surface area contributed by atoms with Gasteiger partial charge in [-0.1, -0.05) is 49.1 Å². The first-order chi connectivity index (χ1) is 8.29. The van der Waals surface area contributed by atoms with Crippen molar-refractivity contribution in [3.8, 4) is 5.75 Å². The zero-order chi connectivity index (χ0) is 12.1. The Labute approximate surface area is 102 Å². The number of ether oxygens (including phenoxy) is 1. The van der Waals surface area contributed by atoms with Crippen molar-refractivity contribution in [1.29, 1.82) is 0 Å². The summed E-state index contributed by atoms with van der Waals surface area (Å²) in [6.45, 7) is 6.40. The van der Waals surface area contributed by atoms with Crippen LogP contribution in [-0.2, 0) is 6.61 Å². The van der Waals surface area contributed by atoms with Gasteiger partial charge >= 0.3 is 0 Å². The molecule has 0 atom stereocenters. The Morgan fingerprint density at radius 3 is 2.71 bits per heavy atom. The van der Waals surface area contributed by atoms with E-state index >= 15 is 0 Å². The molecule has 0 fully saturated rings. The lowest BCUT2D eigenvalue weighted by Gasteiger charge is -2.09. The number of benzene rings is 2. The second-order valence-electron chi connectivity index (χ2n) is 4.00. The van der Waals surface area contributed by atoms with Crippen LogP contribution >= 0.6 is 0 Å². The van der Waals surface area contributed by atoms with Crippen molar-refractivity contribution in [3.05, 3.63) is 71.8 Å². The minimum absolute atomic E-state index is 0.590. The van der Waals surface area contributed by atoms with E-state index in [0.29, 0.717) is 6.61 Å². The molecule has 0 aromatic heterocycles. The smallest absolute Gasteiger partial charge is 0.122 e. The lowest BCUT2D eigenvalue weighted by molar-refractivity contribution is 0.304. The molecule has 86 valence electrons. The highest BCUT2D eigenvalue weighted by Gasteiger charge is 1.99. The monoisotopic (exact) mass is 224 g/mol. The lowest BCUT2D eigenvalue weighted by Crippen LogP contribution is -1.96. The van der Waals surface area contributed by atoms with Crippen LogP contribution in [0.2, 0.25) is 0 Å². The lowest BCUT2D eigenvalue weighted by atomic mass is 10.1. The van der Waals surface area contributed by atoms with Crippen molar-refractivity contribution in [2.24, 2.45) is 0 Å². The maximum atomic E-state index is 5.79. The zero-order valence-electron chi connectivity index (χ0n) is 10.0. The van der Waals surface area contributed by atoms with Gasteiger partial charge in [0.2, 0.25) is 0 Å². The van der Waals surface area contributed by atoms with Gasteiger partial charge in [0.05, 0.1) is 0 Å². The van der Waals surface area contributed by atoms with Crippen LogP contribution in [0.5, 0.6) is 5.75 Å². The minimum Gasteiger partial charge on any atom is -0.489 e. The molecule has 0 amide bonds. The first kappa shape index (κ1) is 11.5. The van der Waals surface area contributed by atoms with Crippen LogP contribution in [0.15, 0.2) is 55.1 Å². The SMILES string of the molecule is C=Cc1cccc(COc2ccccc2C)c1. The number of hydrogen-bond donors (Lipinski definition) is 0. The molecule has 0 saturated carbocycles. The summed E-state index contributed by atoms with van der Waals surface area (Å²) >= 11 is 0. The van der Waals surface area contributed by atoms with Crippen LogP contribution in [0.1, 0.15) is 16.7 Å². The van der Waals surface area contributed by atoms with Crippen LogP contribution in [-0.4, -0.2) is 0 Å². The summed E-state index contributed by atoms with van der Waals surface area (Å²) < 4.78 is 5.79. The molecule has 0 aliphatic rings. The summed E-state index contributed by atoms with van der Waals surface area (Å²) in [5.74, 6) is 0.941. The largest absolute Gasteiger partial charge is 0.489 e. The first-order valence-corrected chi connectivity index (χ1v) is 5.69. The van der Waals surface area contributed by atoms with E-state index in [2.05, 4.69) is 31.7 Å². The predicted molar refractivity (Wildman–Crippen MR) is 72.0 cm³/mol. The Balaban J connectivity index is 2.07. The normalized spacial score (nSPS) is 9.94. The van der Waals surface area contributed by atoms with Gasteiger partial charge < -0.3 is 4.74 Å². The van der Waals surface area contributed by atoms with Crippen LogP contribution < -0.4 is 4.74 Å². The number of para-hydroxylation sites is 1. The molecule has 0 N–H and O–H groups in total. The molecule has 0 bridgehead atoms. The van der Waals surface area contributed by atoms with E-state index in [1.807, 2.05) is 36.4 Å². The fraction of sp³-hybridized carbons (Fsp3) is 0.125. The van der Waals surface area contributed by atoms with Gasteiger partial charge in [0.1, 0.15) is 12.4 Å². The summed E-state index contributed by atoms with van der Waals surface area (Å²) in [7, 11) is 0. The van der Waals surface area contributed by atoms with E-state index in [1.165, 1.54) is 0 Å². The molecule has 0 radical (unpaired) electrons. The van der Waals surface area contributed by atoms with Gasteiger partial charge in [-0.3, -0.25) is 0 Å². The second-order valence-corrected chi connectivity index (χ2v) is 4.00. The summed E-state index contributed by atoms with van der Waals surface area (Å²) in [4.78, 5) is 0. The third-order valence-electron chi connectivity index (χ3n) is 2.67. The molecule has 0 heterocycles. The van der Waals surface area contributed by atoms with E-state index in [-0.39, 0.29) is 0 Å². The molecule has 17 heavy (non-hydrogen) atoms. The Kier molecular flexibility index (Phi) is 3.61. The molecule has 2 aromatic carbocycles. The van der Waals surface area contributed by atoms with Gasteiger partial charge in [0.15, 0.2) is 0 Å². The third kappa shape index (κ3) is 2.97. The average Bonchev–Trinajstić information content (AvgIpc) is 2.38. The Morgan fingerprint density at radius 2 is 1.94 bits per heavy atom. The Bertz CT molecular complexity index is 514. The number of hydrogen-bond acceptors (Lipinski definition) is 1. The summed E-state index contributed by atoms with van der Waals surface area (Å²) in [5, 5.41) is 0. The molecule has 0 aliphatic heterocycles. The molecule has 1 nitrogen and oxygen atoms in total. The van der Waals surface area contributed by atoms with E-state index in [1.54, 1.807) is 0 Å². The zero-order valence-corrected chi connectivity index (χ0v) is 10.0. The van der Waals surface area contributed by atoms with Gasteiger partial charge in [-0.15, -0.1) is 0 Å². The fourth-order valence-corrected chi connectivity index (χ4v) is 1.69. The van der Waals surface area contributed by atoms with Gasteiger partial charge in [0, 0.05) is 0 Å². The van der Waals surface area contributed by atoms with Crippen molar-refractivity contribution in [3.63, 3.8) is 0 Å². The quantitative estimate of drug-likeness (QED) is 0.755. The predicted octanol–water partition coefficient (Wildman–Crippen LogP) is 4.22. The highest BCUT2D eigenvalue weighted by Crippen LogP contribution is 2.18. The van der Waals surface area contributed by atoms with Crippen LogP contribution in [0.3, 0.4) is 0 Å². The first-order valence-electron chi connectivity index (χ1n) is 5.69. The van der Waals surface area contributed by atoms with Crippen LogP contribution in [0, 0.1) is 6.92 Å². The Hall–Kier alpha value is -2.02. The molecule has 0 aliphatic carbocycles. The van der Waals surface area contributed by atoms with E-state index in [0.717, 1.165) is 22.4 Å². The second kappa shape index (κ2) is 5.35. The van der Waals surface area contributed by atoms with Crippen molar-refractivity contribution in [2.45, 2.75) is 13.5 Å². The number of rotatable bonds is 4. The Morgan fingerprint density at radius 1 is 1.12 bits per heavy atom. The molecule has 0 saturated heterocycles. The van der Waals surface area contributed by atoms with Crippen molar-refractivity contribution in [2.75, 3.05) is 0 Å². The summed E-state index contributed by atoms with van der Waals surface area (Å²) in [6.07, 6.45) is 1.84. The van der Waals surface area contributed by atoms with Gasteiger partial charge in [0.25, 0.3) is 0 Å². The van der Waals surface area contributed by atoms with Gasteiger partial charge in [-0.05, 0) is 35.7 Å². The molecule has 0 unspecified atom stereocenters. The highest BCUT2D eigenvalue weighted by atomic mass is 16.5. The van der Waals surface area contributed by atoms with E-state index in [4.69, 9.17) is 4.74 Å². The van der Waals surface area contributed by atoms with Gasteiger partial charge in [-0.2, -0.15) is 0 Å². The van der Waals surface area contributed by atoms with Crippen molar-refractivity contribution in [1.82, 2.24) is 0 Å². The average molecular weight is 224 g/mol. The molecule has 1 heteroatoms. The maximum Gasteiger partial charge on any atom is 0.122 e. The summed E-state index contributed by atoms with van der Waals surface area (Å²) in [6, 6.07) is 16.2. The molecule has 2 rings (SSSR count). The molecule has 2 aromatic rings. The van der Waals surface area contributed by atoms with Crippen molar-refractivity contribution >= 4 is 6.08 Å². The van der Waals surface area contributed by atoms with Crippen LogP contribution in [0.25, 0.3) is 6.08 Å². The number of aryl methyl sites for hydroxylation is 1. The summed E-state index contributed by atoms with van der Waals surface area (Å²) in [5.41, 5.74) is 3.44. The fourth-order valence-electron chi connectivity index (χ4n) is 1.69.